The van der Waals surface area contributed by atoms with Crippen LogP contribution < -0.4 is 10.2 Å². The Morgan fingerprint density at radius 3 is 2.85 bits per heavy atom. The summed E-state index contributed by atoms with van der Waals surface area (Å²) in [7, 11) is 0. The van der Waals surface area contributed by atoms with Crippen molar-refractivity contribution in [2.45, 2.75) is 18.9 Å². The van der Waals surface area contributed by atoms with Crippen LogP contribution in [0.5, 0.6) is 0 Å². The van der Waals surface area contributed by atoms with Gasteiger partial charge < -0.3 is 10.2 Å². The van der Waals surface area contributed by atoms with E-state index in [1.54, 1.807) is 4.90 Å². The Kier molecular flexibility index (Phi) is 3.29. The Bertz CT molecular complexity index is 539. The van der Waals surface area contributed by atoms with Crippen LogP contribution >= 0.6 is 0 Å². The monoisotopic (exact) mass is 283 g/mol. The zero-order chi connectivity index (χ0) is 14.3. The second kappa shape index (κ2) is 4.97. The standard InChI is InChI=1S/C13H15F2N3O2/c14-9-4-10(15)13(18(19)20)12(5-9)17-6-8-2-1-3-16-11(8)7-17/h4-5,8,11,16H,1-3,6-7H2/t8-,11+/m0/s1. The topological polar surface area (TPSA) is 58.4 Å². The fraction of sp³-hybridized carbons (Fsp3) is 0.538. The van der Waals surface area contributed by atoms with E-state index in [1.165, 1.54) is 0 Å². The molecule has 0 aromatic heterocycles. The minimum atomic E-state index is -1.12. The molecule has 20 heavy (non-hydrogen) atoms. The highest BCUT2D eigenvalue weighted by Crippen LogP contribution is 2.36. The van der Waals surface area contributed by atoms with Crippen LogP contribution in [0.2, 0.25) is 0 Å². The third-order valence-electron chi connectivity index (χ3n) is 4.13. The van der Waals surface area contributed by atoms with Crippen LogP contribution in [0.1, 0.15) is 12.8 Å². The molecule has 0 unspecified atom stereocenters. The number of benzene rings is 1. The molecule has 108 valence electrons. The lowest BCUT2D eigenvalue weighted by molar-refractivity contribution is -0.386. The van der Waals surface area contributed by atoms with Crippen molar-refractivity contribution in [3.63, 3.8) is 0 Å². The van der Waals surface area contributed by atoms with E-state index >= 15 is 0 Å². The minimum Gasteiger partial charge on any atom is -0.364 e. The highest BCUT2D eigenvalue weighted by molar-refractivity contribution is 5.65. The molecule has 2 heterocycles. The van der Waals surface area contributed by atoms with E-state index in [9.17, 15) is 18.9 Å². The lowest BCUT2D eigenvalue weighted by Gasteiger charge is -2.24. The Morgan fingerprint density at radius 1 is 1.35 bits per heavy atom. The summed E-state index contributed by atoms with van der Waals surface area (Å²) in [6.45, 7) is 2.07. The molecule has 1 aromatic carbocycles. The van der Waals surface area contributed by atoms with Gasteiger partial charge in [0.15, 0.2) is 0 Å². The van der Waals surface area contributed by atoms with Crippen LogP contribution in [0, 0.1) is 27.7 Å². The van der Waals surface area contributed by atoms with Gasteiger partial charge in [-0.05, 0) is 25.3 Å². The van der Waals surface area contributed by atoms with Gasteiger partial charge in [0.25, 0.3) is 0 Å². The highest BCUT2D eigenvalue weighted by atomic mass is 19.1. The molecular weight excluding hydrogens is 268 g/mol. The van der Waals surface area contributed by atoms with Crippen LogP contribution in [-0.2, 0) is 0 Å². The SMILES string of the molecule is O=[N+]([O-])c1c(F)cc(F)cc1N1C[C@@H]2CCCN[C@@H]2C1. The van der Waals surface area contributed by atoms with Gasteiger partial charge in [-0.3, -0.25) is 10.1 Å². The van der Waals surface area contributed by atoms with Crippen LogP contribution in [0.15, 0.2) is 12.1 Å². The van der Waals surface area contributed by atoms with Crippen LogP contribution in [0.25, 0.3) is 0 Å². The van der Waals surface area contributed by atoms with Crippen molar-refractivity contribution in [1.82, 2.24) is 5.32 Å². The molecule has 7 heteroatoms. The molecule has 2 saturated heterocycles. The van der Waals surface area contributed by atoms with Crippen molar-refractivity contribution >= 4 is 11.4 Å². The van der Waals surface area contributed by atoms with Crippen molar-refractivity contribution < 1.29 is 13.7 Å². The zero-order valence-corrected chi connectivity index (χ0v) is 10.8. The first kappa shape index (κ1) is 13.2. The Labute approximate surface area is 114 Å². The van der Waals surface area contributed by atoms with Gasteiger partial charge in [-0.1, -0.05) is 0 Å². The molecular formula is C13H15F2N3O2. The van der Waals surface area contributed by atoms with E-state index in [-0.39, 0.29) is 11.7 Å². The molecule has 0 saturated carbocycles. The van der Waals surface area contributed by atoms with E-state index in [0.29, 0.717) is 25.1 Å². The lowest BCUT2D eigenvalue weighted by atomic mass is 9.94. The van der Waals surface area contributed by atoms with Crippen molar-refractivity contribution in [2.75, 3.05) is 24.5 Å². The van der Waals surface area contributed by atoms with Gasteiger partial charge in [-0.15, -0.1) is 0 Å². The van der Waals surface area contributed by atoms with Crippen LogP contribution in [-0.4, -0.2) is 30.6 Å². The zero-order valence-electron chi connectivity index (χ0n) is 10.8. The third-order valence-corrected chi connectivity index (χ3v) is 4.13. The minimum absolute atomic E-state index is 0.0451. The summed E-state index contributed by atoms with van der Waals surface area (Å²) in [6, 6.07) is 1.86. The molecule has 2 aliphatic heterocycles. The summed E-state index contributed by atoms with van der Waals surface area (Å²) in [5, 5.41) is 14.4. The number of nitro benzene ring substituents is 1. The number of halogens is 2. The van der Waals surface area contributed by atoms with Crippen LogP contribution in [0.4, 0.5) is 20.2 Å². The molecule has 1 N–H and O–H groups in total. The number of rotatable bonds is 2. The van der Waals surface area contributed by atoms with Gasteiger partial charge in [0.2, 0.25) is 5.82 Å². The van der Waals surface area contributed by atoms with Crippen LogP contribution in [0.3, 0.4) is 0 Å². The Balaban J connectivity index is 1.96. The fourth-order valence-corrected chi connectivity index (χ4v) is 3.22. The second-order valence-corrected chi connectivity index (χ2v) is 5.38. The largest absolute Gasteiger partial charge is 0.364 e. The van der Waals surface area contributed by atoms with Gasteiger partial charge in [0.05, 0.1) is 4.92 Å². The highest BCUT2D eigenvalue weighted by Gasteiger charge is 2.37. The molecule has 0 spiro atoms. The molecule has 0 radical (unpaired) electrons. The van der Waals surface area contributed by atoms with Crippen molar-refractivity contribution in [3.8, 4) is 0 Å². The smallest absolute Gasteiger partial charge is 0.328 e. The molecule has 2 atom stereocenters. The van der Waals surface area contributed by atoms with Gasteiger partial charge in [-0.25, -0.2) is 4.39 Å². The lowest BCUT2D eigenvalue weighted by Crippen LogP contribution is -2.40. The number of anilines is 1. The molecule has 3 rings (SSSR count). The van der Waals surface area contributed by atoms with Gasteiger partial charge in [0, 0.05) is 31.3 Å². The molecule has 1 aromatic rings. The fourth-order valence-electron chi connectivity index (χ4n) is 3.22. The van der Waals surface area contributed by atoms with Crippen molar-refractivity contribution in [1.29, 1.82) is 0 Å². The molecule has 2 fully saturated rings. The summed E-state index contributed by atoms with van der Waals surface area (Å²) >= 11 is 0. The van der Waals surface area contributed by atoms with Gasteiger partial charge in [0.1, 0.15) is 11.5 Å². The quantitative estimate of drug-likeness (QED) is 0.666. The van der Waals surface area contributed by atoms with E-state index in [1.807, 2.05) is 0 Å². The summed E-state index contributed by atoms with van der Waals surface area (Å²) in [5.41, 5.74) is -0.589. The number of nitrogens with one attached hydrogen (secondary N) is 1. The van der Waals surface area contributed by atoms with Crippen molar-refractivity contribution in [3.05, 3.63) is 33.9 Å². The normalized spacial score (nSPS) is 25.6. The molecule has 0 amide bonds. The summed E-state index contributed by atoms with van der Waals surface area (Å²) < 4.78 is 27.1. The summed E-state index contributed by atoms with van der Waals surface area (Å²) in [5.74, 6) is -1.52. The first-order valence-corrected chi connectivity index (χ1v) is 6.68. The number of hydrogen-bond acceptors (Lipinski definition) is 4. The number of nitro groups is 1. The maximum atomic E-state index is 13.7. The third kappa shape index (κ3) is 2.22. The first-order chi connectivity index (χ1) is 9.56. The average Bonchev–Trinajstić information content (AvgIpc) is 2.80. The van der Waals surface area contributed by atoms with E-state index < -0.39 is 22.2 Å². The van der Waals surface area contributed by atoms with Crippen molar-refractivity contribution in [2.24, 2.45) is 5.92 Å². The predicted molar refractivity (Wildman–Crippen MR) is 69.7 cm³/mol. The molecule has 0 bridgehead atoms. The molecule has 0 aliphatic carbocycles. The van der Waals surface area contributed by atoms with E-state index in [2.05, 4.69) is 5.32 Å². The van der Waals surface area contributed by atoms with E-state index in [4.69, 9.17) is 0 Å². The van der Waals surface area contributed by atoms with E-state index in [0.717, 1.165) is 25.5 Å². The van der Waals surface area contributed by atoms with Gasteiger partial charge in [-0.2, -0.15) is 4.39 Å². The second-order valence-electron chi connectivity index (χ2n) is 5.38. The maximum Gasteiger partial charge on any atom is 0.328 e. The predicted octanol–water partition coefficient (Wildman–Crippen LogP) is 2.06. The summed E-state index contributed by atoms with van der Waals surface area (Å²) in [4.78, 5) is 12.0. The maximum absolute atomic E-state index is 13.7. The molecule has 2 aliphatic rings. The molecule has 5 nitrogen and oxygen atoms in total. The number of piperidine rings is 1. The first-order valence-electron chi connectivity index (χ1n) is 6.68. The Hall–Kier alpha value is -1.76. The van der Waals surface area contributed by atoms with Gasteiger partial charge >= 0.3 is 5.69 Å². The number of nitrogens with zero attached hydrogens (tertiary/aromatic N) is 2. The number of fused-ring (bicyclic) bond motifs is 1. The number of hydrogen-bond donors (Lipinski definition) is 1. The average molecular weight is 283 g/mol. The Morgan fingerprint density at radius 2 is 2.15 bits per heavy atom. The summed E-state index contributed by atoms with van der Waals surface area (Å²) in [6.07, 6.45) is 2.11.